The first kappa shape index (κ1) is 38.2. The van der Waals surface area contributed by atoms with Crippen LogP contribution in [0.5, 0.6) is 11.5 Å². The number of hydrogen-bond donors (Lipinski definition) is 1. The van der Waals surface area contributed by atoms with Gasteiger partial charge in [-0.2, -0.15) is 0 Å². The van der Waals surface area contributed by atoms with Crippen LogP contribution in [0.4, 0.5) is 33.3 Å². The van der Waals surface area contributed by atoms with Gasteiger partial charge < -0.3 is 14.3 Å². The number of nitrogens with zero attached hydrogens (tertiary/aromatic N) is 3. The average Bonchev–Trinajstić information content (AvgIpc) is 3.80. The molecule has 2 aliphatic carbocycles. The number of imide groups is 2. The molecule has 4 amide bonds. The number of fused-ring (bicyclic) bond motifs is 5. The molecular formula is C40H23BrCl2F5N3O7. The Morgan fingerprint density at radius 2 is 1.52 bits per heavy atom. The smallest absolute Gasteiger partial charge is 0.258 e. The lowest BCUT2D eigenvalue weighted by Crippen LogP contribution is -2.60. The van der Waals surface area contributed by atoms with Gasteiger partial charge in [0.2, 0.25) is 23.5 Å². The molecule has 5 aromatic rings. The molecule has 0 unspecified atom stereocenters. The van der Waals surface area contributed by atoms with Crippen molar-refractivity contribution in [3.8, 4) is 23.0 Å². The summed E-state index contributed by atoms with van der Waals surface area (Å²) in [7, 11) is 1.22. The van der Waals surface area contributed by atoms with Gasteiger partial charge in [0.05, 0.1) is 24.6 Å². The van der Waals surface area contributed by atoms with Crippen LogP contribution >= 0.6 is 39.1 Å². The fourth-order valence-electron chi connectivity index (χ4n) is 8.89. The number of rotatable bonds is 5. The van der Waals surface area contributed by atoms with E-state index in [4.69, 9.17) is 32.4 Å². The molecule has 4 aliphatic rings. The van der Waals surface area contributed by atoms with E-state index in [1.54, 1.807) is 36.4 Å². The van der Waals surface area contributed by atoms with E-state index in [0.717, 1.165) is 4.90 Å². The lowest BCUT2D eigenvalue weighted by Gasteiger charge is -2.50. The number of carbonyl (C=O) groups is 4. The van der Waals surface area contributed by atoms with E-state index in [1.807, 2.05) is 0 Å². The molecule has 3 heterocycles. The van der Waals surface area contributed by atoms with E-state index >= 15 is 8.78 Å². The van der Waals surface area contributed by atoms with Crippen LogP contribution in [0.25, 0.3) is 22.6 Å². The van der Waals surface area contributed by atoms with Crippen LogP contribution in [0.3, 0.4) is 0 Å². The molecule has 1 aromatic heterocycles. The molecule has 18 heteroatoms. The first-order valence-electron chi connectivity index (χ1n) is 17.4. The number of anilines is 2. The standard InChI is InChI=1S/C40H23BrCl2F5N3O7/c1-57-24-13-16(41)12-20(33(24)52)26-18-10-11-19-25(36(54)50(35(19)53)17-8-6-15(7-9-17)34-49-22-4-2-3-5-23(22)58-34)21(18)14-39(42)37(55)51(38(56)40(26,39)43)32-30(47)28(45)27(44)29(46)31(32)48/h2-10,12-13,19,21,25-26,52H,11,14H2,1H3/t19-,21+,25-,26+,39+,40-/m0/s1. The Morgan fingerprint density at radius 1 is 0.862 bits per heavy atom. The highest BCUT2D eigenvalue weighted by atomic mass is 79.9. The van der Waals surface area contributed by atoms with Crippen LogP contribution in [-0.2, 0) is 19.2 Å². The van der Waals surface area contributed by atoms with E-state index in [2.05, 4.69) is 20.9 Å². The number of carbonyl (C=O) groups excluding carboxylic acids is 4. The van der Waals surface area contributed by atoms with Crippen LogP contribution in [0.15, 0.2) is 81.2 Å². The van der Waals surface area contributed by atoms with Gasteiger partial charge in [0.25, 0.3) is 11.8 Å². The highest BCUT2D eigenvalue weighted by molar-refractivity contribution is 9.10. The monoisotopic (exact) mass is 901 g/mol. The second-order valence-corrected chi connectivity index (χ2v) is 16.4. The molecule has 2 saturated heterocycles. The molecule has 0 bridgehead atoms. The zero-order chi connectivity index (χ0) is 41.3. The third kappa shape index (κ3) is 4.97. The number of oxazole rings is 1. The van der Waals surface area contributed by atoms with Crippen molar-refractivity contribution in [3.63, 3.8) is 0 Å². The van der Waals surface area contributed by atoms with Crippen molar-refractivity contribution < 1.29 is 55.4 Å². The number of aromatic nitrogens is 1. The maximum absolute atomic E-state index is 15.4. The summed E-state index contributed by atoms with van der Waals surface area (Å²) in [5.74, 6) is -22.8. The number of aromatic hydroxyl groups is 1. The van der Waals surface area contributed by atoms with Gasteiger partial charge >= 0.3 is 0 Å². The molecule has 0 radical (unpaired) electrons. The van der Waals surface area contributed by atoms with Gasteiger partial charge in [-0.25, -0.2) is 31.8 Å². The Kier molecular flexibility index (Phi) is 8.63. The van der Waals surface area contributed by atoms with Crippen molar-refractivity contribution in [1.29, 1.82) is 0 Å². The molecule has 58 heavy (non-hydrogen) atoms. The molecule has 4 aromatic carbocycles. The van der Waals surface area contributed by atoms with Crippen molar-refractivity contribution in [2.24, 2.45) is 17.8 Å². The molecule has 2 aliphatic heterocycles. The van der Waals surface area contributed by atoms with Gasteiger partial charge in [0, 0.05) is 21.5 Å². The summed E-state index contributed by atoms with van der Waals surface area (Å²) < 4.78 is 85.5. The number of allylic oxidation sites excluding steroid dienone is 2. The fourth-order valence-corrected chi connectivity index (χ4v) is 10.3. The number of amides is 4. The molecule has 3 fully saturated rings. The first-order chi connectivity index (χ1) is 27.5. The van der Waals surface area contributed by atoms with Gasteiger partial charge in [0.1, 0.15) is 11.2 Å². The predicted octanol–water partition coefficient (Wildman–Crippen LogP) is 8.44. The van der Waals surface area contributed by atoms with Crippen LogP contribution < -0.4 is 14.5 Å². The van der Waals surface area contributed by atoms with Crippen molar-refractivity contribution in [1.82, 2.24) is 4.98 Å². The first-order valence-corrected chi connectivity index (χ1v) is 19.0. The lowest BCUT2D eigenvalue weighted by molar-refractivity contribution is -0.125. The van der Waals surface area contributed by atoms with Crippen molar-refractivity contribution in [3.05, 3.63) is 111 Å². The van der Waals surface area contributed by atoms with Gasteiger partial charge in [-0.1, -0.05) is 39.7 Å². The van der Waals surface area contributed by atoms with Crippen LogP contribution in [0.1, 0.15) is 24.3 Å². The number of hydrogen-bond acceptors (Lipinski definition) is 8. The minimum absolute atomic E-state index is 0.104. The Labute approximate surface area is 341 Å². The van der Waals surface area contributed by atoms with Gasteiger partial charge in [-0.3, -0.25) is 24.1 Å². The number of alkyl halides is 2. The zero-order valence-electron chi connectivity index (χ0n) is 29.3. The summed E-state index contributed by atoms with van der Waals surface area (Å²) in [6.45, 7) is 0. The molecular weight excluding hydrogens is 880 g/mol. The molecule has 6 atom stereocenters. The Hall–Kier alpha value is -5.32. The van der Waals surface area contributed by atoms with Crippen molar-refractivity contribution >= 4 is 85.2 Å². The van der Waals surface area contributed by atoms with Crippen molar-refractivity contribution in [2.75, 3.05) is 16.9 Å². The Balaban J connectivity index is 1.17. The van der Waals surface area contributed by atoms with E-state index in [1.165, 1.54) is 37.5 Å². The average molecular weight is 903 g/mol. The number of phenols is 1. The SMILES string of the molecule is COc1cc(Br)cc([C@H]2C3=CC[C@@H]4C(=O)N(c5ccc(-c6nc7ccccc7o6)cc5)C(=O)[C@@H]4[C@@H]3C[C@@]3(Cl)C(=O)N(c4c(F)c(F)c(F)c(F)c4F)C(=O)[C@@]23Cl)c1O. The highest BCUT2D eigenvalue weighted by Crippen LogP contribution is 2.67. The minimum atomic E-state index is -2.84. The summed E-state index contributed by atoms with van der Waals surface area (Å²) >= 11 is 17.7. The summed E-state index contributed by atoms with van der Waals surface area (Å²) in [6.07, 6.45) is 0.702. The number of phenolic OH excluding ortho intramolecular Hbond substituents is 1. The van der Waals surface area contributed by atoms with Crippen LogP contribution in [0.2, 0.25) is 0 Å². The van der Waals surface area contributed by atoms with E-state index in [9.17, 15) is 37.5 Å². The summed E-state index contributed by atoms with van der Waals surface area (Å²) in [6, 6.07) is 16.1. The number of benzene rings is 4. The maximum atomic E-state index is 15.4. The molecule has 296 valence electrons. The van der Waals surface area contributed by atoms with Gasteiger partial charge in [-0.05, 0) is 67.3 Å². The maximum Gasteiger partial charge on any atom is 0.258 e. The summed E-state index contributed by atoms with van der Waals surface area (Å²) in [5, 5.41) is 11.5. The molecule has 10 nitrogen and oxygen atoms in total. The summed E-state index contributed by atoms with van der Waals surface area (Å²) in [4.78, 5) is 57.3. The Bertz CT molecular complexity index is 2670. The quantitative estimate of drug-likeness (QED) is 0.0465. The highest BCUT2D eigenvalue weighted by Gasteiger charge is 2.77. The topological polar surface area (TPSA) is 130 Å². The van der Waals surface area contributed by atoms with Gasteiger partial charge in [-0.15, -0.1) is 23.2 Å². The number of halogens is 8. The molecule has 1 N–H and O–H groups in total. The molecule has 9 rings (SSSR count). The predicted molar refractivity (Wildman–Crippen MR) is 201 cm³/mol. The van der Waals surface area contributed by atoms with Crippen molar-refractivity contribution in [2.45, 2.75) is 28.5 Å². The van der Waals surface area contributed by atoms with Crippen LogP contribution in [-0.4, -0.2) is 50.6 Å². The number of methoxy groups -OCH3 is 1. The molecule has 0 spiro atoms. The van der Waals surface area contributed by atoms with Gasteiger partial charge in [0.15, 0.2) is 50.1 Å². The van der Waals surface area contributed by atoms with E-state index in [-0.39, 0.29) is 38.4 Å². The zero-order valence-corrected chi connectivity index (χ0v) is 32.4. The second-order valence-electron chi connectivity index (χ2n) is 14.3. The Morgan fingerprint density at radius 3 is 2.17 bits per heavy atom. The molecule has 1 saturated carbocycles. The third-order valence-corrected chi connectivity index (χ3v) is 13.4. The third-order valence-electron chi connectivity index (χ3n) is 11.5. The largest absolute Gasteiger partial charge is 0.504 e. The second kappa shape index (κ2) is 13.1. The van der Waals surface area contributed by atoms with E-state index in [0.29, 0.717) is 22.6 Å². The normalized spacial score (nSPS) is 26.6. The number of ether oxygens (including phenoxy) is 1. The number of para-hydroxylation sites is 2. The van der Waals surface area contributed by atoms with E-state index < -0.39 is 104 Å². The van der Waals surface area contributed by atoms with Crippen LogP contribution in [0, 0.1) is 46.8 Å². The fraction of sp³-hybridized carbons (Fsp3) is 0.225. The summed E-state index contributed by atoms with van der Waals surface area (Å²) in [5.41, 5.74) is -0.0630. The lowest BCUT2D eigenvalue weighted by atomic mass is 9.56. The minimum Gasteiger partial charge on any atom is -0.504 e.